The molecule has 0 aliphatic heterocycles. The molecule has 8 nitrogen and oxygen atoms in total. The molecule has 0 saturated carbocycles. The molecule has 4 rings (SSSR count). The van der Waals surface area contributed by atoms with Crippen LogP contribution in [0.1, 0.15) is 19.7 Å². The number of para-hydroxylation sites is 1. The maximum Gasteiger partial charge on any atom is 0.246 e. The van der Waals surface area contributed by atoms with E-state index in [9.17, 15) is 4.79 Å². The molecule has 27 heavy (non-hydrogen) atoms. The van der Waals surface area contributed by atoms with E-state index in [0.717, 1.165) is 5.69 Å². The predicted octanol–water partition coefficient (Wildman–Crippen LogP) is 3.45. The summed E-state index contributed by atoms with van der Waals surface area (Å²) >= 11 is 0. The van der Waals surface area contributed by atoms with Crippen molar-refractivity contribution in [1.82, 2.24) is 25.0 Å². The number of amides is 1. The Bertz CT molecular complexity index is 1030. The minimum absolute atomic E-state index is 0.000553. The SMILES string of the molecule is CC.Cc1nc(-c2ccco2)c2nnn(CC(=O)Nc3ccccc3)c2n1. The Morgan fingerprint density at radius 3 is 2.59 bits per heavy atom. The molecule has 0 saturated heterocycles. The lowest BCUT2D eigenvalue weighted by Crippen LogP contribution is -2.19. The first-order valence-electron chi connectivity index (χ1n) is 8.67. The van der Waals surface area contributed by atoms with Crippen molar-refractivity contribution in [3.63, 3.8) is 0 Å². The van der Waals surface area contributed by atoms with Gasteiger partial charge in [0.25, 0.3) is 0 Å². The van der Waals surface area contributed by atoms with E-state index in [-0.39, 0.29) is 12.5 Å². The summed E-state index contributed by atoms with van der Waals surface area (Å²) in [6.07, 6.45) is 1.57. The van der Waals surface area contributed by atoms with Gasteiger partial charge in [-0.3, -0.25) is 4.79 Å². The number of fused-ring (bicyclic) bond motifs is 1. The Balaban J connectivity index is 0.00000102. The minimum atomic E-state index is -0.214. The number of carbonyl (C=O) groups is 1. The number of furan rings is 1. The summed E-state index contributed by atoms with van der Waals surface area (Å²) in [6.45, 7) is 5.77. The number of aromatic nitrogens is 5. The van der Waals surface area contributed by atoms with E-state index in [2.05, 4.69) is 25.6 Å². The van der Waals surface area contributed by atoms with Gasteiger partial charge >= 0.3 is 0 Å². The molecule has 0 unspecified atom stereocenters. The first-order chi connectivity index (χ1) is 13.2. The third kappa shape index (κ3) is 4.00. The summed E-state index contributed by atoms with van der Waals surface area (Å²) in [5.74, 6) is 0.913. The number of hydrogen-bond acceptors (Lipinski definition) is 6. The molecule has 1 N–H and O–H groups in total. The van der Waals surface area contributed by atoms with Gasteiger partial charge in [-0.15, -0.1) is 5.10 Å². The van der Waals surface area contributed by atoms with Crippen molar-refractivity contribution in [2.45, 2.75) is 27.3 Å². The van der Waals surface area contributed by atoms with Crippen molar-refractivity contribution < 1.29 is 9.21 Å². The number of nitrogens with zero attached hydrogens (tertiary/aromatic N) is 5. The van der Waals surface area contributed by atoms with E-state index in [1.165, 1.54) is 4.68 Å². The third-order valence-electron chi connectivity index (χ3n) is 3.58. The first-order valence-corrected chi connectivity index (χ1v) is 8.67. The molecule has 138 valence electrons. The molecule has 3 heterocycles. The predicted molar refractivity (Wildman–Crippen MR) is 102 cm³/mol. The molecule has 0 fully saturated rings. The second kappa shape index (κ2) is 8.22. The van der Waals surface area contributed by atoms with Crippen molar-refractivity contribution in [3.05, 3.63) is 54.6 Å². The maximum atomic E-state index is 12.3. The molecule has 0 radical (unpaired) electrons. The number of rotatable bonds is 4. The van der Waals surface area contributed by atoms with Gasteiger partial charge in [-0.05, 0) is 31.2 Å². The lowest BCUT2D eigenvalue weighted by molar-refractivity contribution is -0.116. The van der Waals surface area contributed by atoms with Gasteiger partial charge in [0.1, 0.15) is 18.1 Å². The van der Waals surface area contributed by atoms with Gasteiger partial charge in [0, 0.05) is 5.69 Å². The fourth-order valence-electron chi connectivity index (χ4n) is 2.51. The van der Waals surface area contributed by atoms with Crippen molar-refractivity contribution >= 4 is 22.8 Å². The highest BCUT2D eigenvalue weighted by Crippen LogP contribution is 2.24. The lowest BCUT2D eigenvalue weighted by Gasteiger charge is -2.05. The number of nitrogens with one attached hydrogen (secondary N) is 1. The quantitative estimate of drug-likeness (QED) is 0.595. The third-order valence-corrected chi connectivity index (χ3v) is 3.58. The van der Waals surface area contributed by atoms with Gasteiger partial charge in [0.15, 0.2) is 16.9 Å². The molecule has 0 spiro atoms. The second-order valence-electron chi connectivity index (χ2n) is 5.43. The number of benzene rings is 1. The van der Waals surface area contributed by atoms with Crippen molar-refractivity contribution in [3.8, 4) is 11.5 Å². The van der Waals surface area contributed by atoms with Crippen LogP contribution in [-0.4, -0.2) is 30.9 Å². The fraction of sp³-hybridized carbons (Fsp3) is 0.211. The Hall–Kier alpha value is -3.55. The summed E-state index contributed by atoms with van der Waals surface area (Å²) in [4.78, 5) is 21.0. The number of hydrogen-bond donors (Lipinski definition) is 1. The zero-order valence-corrected chi connectivity index (χ0v) is 15.4. The number of aryl methyl sites for hydroxylation is 1. The van der Waals surface area contributed by atoms with E-state index >= 15 is 0 Å². The molecular formula is C19H20N6O2. The van der Waals surface area contributed by atoms with Crippen LogP contribution in [0.3, 0.4) is 0 Å². The highest BCUT2D eigenvalue weighted by Gasteiger charge is 2.18. The average molecular weight is 364 g/mol. The summed E-state index contributed by atoms with van der Waals surface area (Å²) in [5, 5.41) is 11.0. The maximum absolute atomic E-state index is 12.3. The Morgan fingerprint density at radius 1 is 1.11 bits per heavy atom. The standard InChI is InChI=1S/C17H14N6O2.C2H6/c1-11-18-15(13-8-5-9-25-13)16-17(19-11)23(22-21-16)10-14(24)20-12-6-3-2-4-7-12;1-2/h2-9H,10H2,1H3,(H,20,24);1-2H3. The summed E-state index contributed by atoms with van der Waals surface area (Å²) in [5.41, 5.74) is 2.26. The molecule has 0 aliphatic carbocycles. The van der Waals surface area contributed by atoms with Crippen LogP contribution in [0.25, 0.3) is 22.6 Å². The molecule has 1 amide bonds. The molecule has 8 heteroatoms. The largest absolute Gasteiger partial charge is 0.463 e. The summed E-state index contributed by atoms with van der Waals surface area (Å²) in [6, 6.07) is 12.8. The molecule has 0 atom stereocenters. The Morgan fingerprint density at radius 2 is 1.89 bits per heavy atom. The Kier molecular flexibility index (Phi) is 5.55. The van der Waals surface area contributed by atoms with Gasteiger partial charge in [-0.2, -0.15) is 0 Å². The summed E-state index contributed by atoms with van der Waals surface area (Å²) in [7, 11) is 0. The molecule has 3 aromatic heterocycles. The van der Waals surface area contributed by atoms with E-state index in [1.54, 1.807) is 25.3 Å². The van der Waals surface area contributed by atoms with Crippen LogP contribution >= 0.6 is 0 Å². The topological polar surface area (TPSA) is 98.7 Å². The van der Waals surface area contributed by atoms with E-state index in [1.807, 2.05) is 44.2 Å². The molecule has 0 bridgehead atoms. The van der Waals surface area contributed by atoms with Crippen LogP contribution in [0.15, 0.2) is 53.1 Å². The number of carbonyl (C=O) groups excluding carboxylic acids is 1. The normalized spacial score (nSPS) is 10.3. The van der Waals surface area contributed by atoms with Crippen LogP contribution in [0.5, 0.6) is 0 Å². The highest BCUT2D eigenvalue weighted by molar-refractivity contribution is 5.92. The van der Waals surface area contributed by atoms with E-state index in [4.69, 9.17) is 4.42 Å². The lowest BCUT2D eigenvalue weighted by atomic mass is 10.3. The van der Waals surface area contributed by atoms with Crippen LogP contribution in [0.2, 0.25) is 0 Å². The van der Waals surface area contributed by atoms with Gasteiger partial charge < -0.3 is 9.73 Å². The zero-order valence-electron chi connectivity index (χ0n) is 15.4. The number of anilines is 1. The van der Waals surface area contributed by atoms with Gasteiger partial charge in [0.2, 0.25) is 5.91 Å². The summed E-state index contributed by atoms with van der Waals surface area (Å²) < 4.78 is 6.86. The molecule has 1 aromatic carbocycles. The second-order valence-corrected chi connectivity index (χ2v) is 5.43. The van der Waals surface area contributed by atoms with Crippen LogP contribution in [0.4, 0.5) is 5.69 Å². The van der Waals surface area contributed by atoms with Crippen molar-refractivity contribution in [2.75, 3.05) is 5.32 Å². The fourth-order valence-corrected chi connectivity index (χ4v) is 2.51. The molecular weight excluding hydrogens is 344 g/mol. The van der Waals surface area contributed by atoms with Crippen LogP contribution < -0.4 is 5.32 Å². The molecule has 0 aliphatic rings. The van der Waals surface area contributed by atoms with Crippen LogP contribution in [0, 0.1) is 6.92 Å². The van der Waals surface area contributed by atoms with Gasteiger partial charge in [-0.25, -0.2) is 14.6 Å². The van der Waals surface area contributed by atoms with E-state index < -0.39 is 0 Å². The average Bonchev–Trinajstić information content (AvgIpc) is 3.34. The van der Waals surface area contributed by atoms with Crippen molar-refractivity contribution in [1.29, 1.82) is 0 Å². The first kappa shape index (κ1) is 18.2. The van der Waals surface area contributed by atoms with Gasteiger partial charge in [-0.1, -0.05) is 37.3 Å². The monoisotopic (exact) mass is 364 g/mol. The smallest absolute Gasteiger partial charge is 0.246 e. The van der Waals surface area contributed by atoms with E-state index in [0.29, 0.717) is 28.4 Å². The van der Waals surface area contributed by atoms with Gasteiger partial charge in [0.05, 0.1) is 6.26 Å². The highest BCUT2D eigenvalue weighted by atomic mass is 16.3. The van der Waals surface area contributed by atoms with Crippen molar-refractivity contribution in [2.24, 2.45) is 0 Å². The minimum Gasteiger partial charge on any atom is -0.463 e. The Labute approximate surface area is 156 Å². The molecule has 4 aromatic rings. The van der Waals surface area contributed by atoms with Crippen LogP contribution in [-0.2, 0) is 11.3 Å². The zero-order chi connectivity index (χ0) is 19.2.